The summed E-state index contributed by atoms with van der Waals surface area (Å²) >= 11 is 3.32. The van der Waals surface area contributed by atoms with Crippen LogP contribution in [-0.4, -0.2) is 48.7 Å². The normalized spacial score (nSPS) is 16.2. The van der Waals surface area contributed by atoms with Crippen LogP contribution in [0.25, 0.3) is 0 Å². The molecular weight excluding hydrogens is 408 g/mol. The number of sulfonamides is 1. The quantitative estimate of drug-likeness (QED) is 0.733. The maximum Gasteiger partial charge on any atom is 0.282 e. The molecule has 0 atom stereocenters. The average molecular weight is 427 g/mol. The van der Waals surface area contributed by atoms with Crippen LogP contribution in [0.15, 0.2) is 45.8 Å². The van der Waals surface area contributed by atoms with E-state index >= 15 is 0 Å². The molecule has 0 spiro atoms. The monoisotopic (exact) mass is 426 g/mol. The van der Waals surface area contributed by atoms with Gasteiger partial charge in [0.25, 0.3) is 5.56 Å². The molecule has 0 bridgehead atoms. The van der Waals surface area contributed by atoms with E-state index in [0.717, 1.165) is 5.56 Å². The fraction of sp³-hybridized carbons (Fsp3) is 0.375. The Hall–Kier alpha value is -1.71. The zero-order chi connectivity index (χ0) is 18.0. The predicted octanol–water partition coefficient (Wildman–Crippen LogP) is 1.19. The molecule has 134 valence electrons. The van der Waals surface area contributed by atoms with E-state index in [-0.39, 0.29) is 11.3 Å². The van der Waals surface area contributed by atoms with Crippen LogP contribution in [0.3, 0.4) is 0 Å². The Morgan fingerprint density at radius 2 is 1.76 bits per heavy atom. The standard InChI is InChI=1S/C16H19BrN4O3S/c1-19-16(22)15(17)14(11-18-19)20-7-9-21(10-8-20)25(23,24)12-13-5-3-2-4-6-13/h2-6,11H,7-10,12H2,1H3. The van der Waals surface area contributed by atoms with Gasteiger partial charge in [-0.3, -0.25) is 4.79 Å². The zero-order valence-electron chi connectivity index (χ0n) is 13.8. The van der Waals surface area contributed by atoms with Crippen molar-refractivity contribution >= 4 is 31.6 Å². The van der Waals surface area contributed by atoms with Gasteiger partial charge in [0.05, 0.1) is 17.6 Å². The molecule has 1 fully saturated rings. The zero-order valence-corrected chi connectivity index (χ0v) is 16.2. The summed E-state index contributed by atoms with van der Waals surface area (Å²) in [6.07, 6.45) is 1.62. The number of aryl methyl sites for hydroxylation is 1. The minimum absolute atomic E-state index is 0.00493. The maximum atomic E-state index is 12.6. The molecule has 1 aliphatic heterocycles. The number of aromatic nitrogens is 2. The minimum Gasteiger partial charge on any atom is -0.367 e. The van der Waals surface area contributed by atoms with Gasteiger partial charge >= 0.3 is 0 Å². The van der Waals surface area contributed by atoms with E-state index in [1.165, 1.54) is 8.99 Å². The molecule has 0 radical (unpaired) electrons. The van der Waals surface area contributed by atoms with Crippen LogP contribution in [0.1, 0.15) is 5.56 Å². The average Bonchev–Trinajstić information content (AvgIpc) is 2.60. The second kappa shape index (κ2) is 7.27. The summed E-state index contributed by atoms with van der Waals surface area (Å²) in [5, 5.41) is 4.04. The summed E-state index contributed by atoms with van der Waals surface area (Å²) in [7, 11) is -1.77. The predicted molar refractivity (Wildman–Crippen MR) is 100 cm³/mol. The lowest BCUT2D eigenvalue weighted by molar-refractivity contribution is 0.384. The fourth-order valence-electron chi connectivity index (χ4n) is 2.81. The summed E-state index contributed by atoms with van der Waals surface area (Å²) in [6.45, 7) is 1.80. The summed E-state index contributed by atoms with van der Waals surface area (Å²) in [5.74, 6) is 0.00493. The number of rotatable bonds is 4. The van der Waals surface area contributed by atoms with Crippen LogP contribution in [0.4, 0.5) is 5.69 Å². The van der Waals surface area contributed by atoms with E-state index in [1.807, 2.05) is 35.2 Å². The van der Waals surface area contributed by atoms with Crippen LogP contribution < -0.4 is 10.5 Å². The highest BCUT2D eigenvalue weighted by Crippen LogP contribution is 2.23. The molecule has 7 nitrogen and oxygen atoms in total. The van der Waals surface area contributed by atoms with Gasteiger partial charge in [-0.15, -0.1) is 0 Å². The molecule has 25 heavy (non-hydrogen) atoms. The lowest BCUT2D eigenvalue weighted by Crippen LogP contribution is -2.49. The number of benzene rings is 1. The molecule has 3 rings (SSSR count). The number of hydrogen-bond acceptors (Lipinski definition) is 5. The smallest absolute Gasteiger partial charge is 0.282 e. The van der Waals surface area contributed by atoms with Crippen LogP contribution in [0.5, 0.6) is 0 Å². The highest BCUT2D eigenvalue weighted by Gasteiger charge is 2.28. The van der Waals surface area contributed by atoms with Crippen molar-refractivity contribution in [2.45, 2.75) is 5.75 Å². The molecule has 0 N–H and O–H groups in total. The lowest BCUT2D eigenvalue weighted by atomic mass is 10.2. The molecule has 9 heteroatoms. The van der Waals surface area contributed by atoms with Crippen LogP contribution in [0.2, 0.25) is 0 Å². The van der Waals surface area contributed by atoms with Crippen molar-refractivity contribution in [3.63, 3.8) is 0 Å². The van der Waals surface area contributed by atoms with E-state index < -0.39 is 10.0 Å². The summed E-state index contributed by atoms with van der Waals surface area (Å²) in [4.78, 5) is 14.0. The number of nitrogens with zero attached hydrogens (tertiary/aromatic N) is 4. The van der Waals surface area contributed by atoms with Gasteiger partial charge < -0.3 is 4.90 Å². The first kappa shape index (κ1) is 18.1. The molecule has 0 aliphatic carbocycles. The van der Waals surface area contributed by atoms with Gasteiger partial charge in [-0.1, -0.05) is 30.3 Å². The molecule has 1 aromatic heterocycles. The summed E-state index contributed by atoms with van der Waals surface area (Å²) in [5.41, 5.74) is 1.27. The highest BCUT2D eigenvalue weighted by molar-refractivity contribution is 9.10. The molecule has 1 aliphatic rings. The SMILES string of the molecule is Cn1ncc(N2CCN(S(=O)(=O)Cc3ccccc3)CC2)c(Br)c1=O. The Kier molecular flexibility index (Phi) is 5.26. The molecular formula is C16H19BrN4O3S. The van der Waals surface area contributed by atoms with Crippen LogP contribution >= 0.6 is 15.9 Å². The second-order valence-corrected chi connectivity index (χ2v) is 8.66. The molecule has 0 amide bonds. The number of halogens is 1. The Morgan fingerprint density at radius 3 is 2.40 bits per heavy atom. The Bertz CT molecular complexity index is 907. The first-order valence-corrected chi connectivity index (χ1v) is 10.3. The Labute approximate surface area is 155 Å². The van der Waals surface area contributed by atoms with E-state index in [2.05, 4.69) is 21.0 Å². The number of hydrogen-bond donors (Lipinski definition) is 0. The van der Waals surface area contributed by atoms with Gasteiger partial charge in [0.1, 0.15) is 4.47 Å². The van der Waals surface area contributed by atoms with E-state index in [0.29, 0.717) is 36.3 Å². The van der Waals surface area contributed by atoms with Gasteiger partial charge in [0.2, 0.25) is 10.0 Å². The van der Waals surface area contributed by atoms with Crippen molar-refractivity contribution in [2.75, 3.05) is 31.1 Å². The van der Waals surface area contributed by atoms with Crippen molar-refractivity contribution in [2.24, 2.45) is 7.05 Å². The van der Waals surface area contributed by atoms with Gasteiger partial charge in [0.15, 0.2) is 0 Å². The largest absolute Gasteiger partial charge is 0.367 e. The van der Waals surface area contributed by atoms with Gasteiger partial charge in [-0.2, -0.15) is 9.40 Å². The van der Waals surface area contributed by atoms with E-state index in [9.17, 15) is 13.2 Å². The highest BCUT2D eigenvalue weighted by atomic mass is 79.9. The Balaban J connectivity index is 1.70. The van der Waals surface area contributed by atoms with E-state index in [4.69, 9.17) is 0 Å². The first-order valence-electron chi connectivity index (χ1n) is 7.87. The van der Waals surface area contributed by atoms with Crippen molar-refractivity contribution in [1.82, 2.24) is 14.1 Å². The molecule has 1 aromatic carbocycles. The van der Waals surface area contributed by atoms with Crippen LogP contribution in [-0.2, 0) is 22.8 Å². The van der Waals surface area contributed by atoms with E-state index in [1.54, 1.807) is 13.2 Å². The third-order valence-corrected chi connectivity index (χ3v) is 6.82. The summed E-state index contributed by atoms with van der Waals surface area (Å²) in [6, 6.07) is 9.17. The molecule has 2 aromatic rings. The third-order valence-electron chi connectivity index (χ3n) is 4.22. The fourth-order valence-corrected chi connectivity index (χ4v) is 4.93. The lowest BCUT2D eigenvalue weighted by Gasteiger charge is -2.35. The minimum atomic E-state index is -3.35. The Morgan fingerprint density at radius 1 is 1.12 bits per heavy atom. The molecule has 0 saturated carbocycles. The number of anilines is 1. The molecule has 1 saturated heterocycles. The third kappa shape index (κ3) is 3.94. The topological polar surface area (TPSA) is 75.5 Å². The van der Waals surface area contributed by atoms with Crippen molar-refractivity contribution < 1.29 is 8.42 Å². The van der Waals surface area contributed by atoms with Crippen molar-refractivity contribution in [3.8, 4) is 0 Å². The maximum absolute atomic E-state index is 12.6. The van der Waals surface area contributed by atoms with Gasteiger partial charge in [-0.25, -0.2) is 13.1 Å². The van der Waals surface area contributed by atoms with Crippen LogP contribution in [0, 0.1) is 0 Å². The summed E-state index contributed by atoms with van der Waals surface area (Å²) < 4.78 is 28.4. The van der Waals surface area contributed by atoms with Gasteiger partial charge in [-0.05, 0) is 21.5 Å². The van der Waals surface area contributed by atoms with Gasteiger partial charge in [0, 0.05) is 33.2 Å². The van der Waals surface area contributed by atoms with Crippen molar-refractivity contribution in [3.05, 3.63) is 56.9 Å². The molecule has 2 heterocycles. The molecule has 0 unspecified atom stereocenters. The van der Waals surface area contributed by atoms with Crippen molar-refractivity contribution in [1.29, 1.82) is 0 Å². The number of piperazine rings is 1. The first-order chi connectivity index (χ1) is 11.9. The second-order valence-electron chi connectivity index (χ2n) is 5.90.